The van der Waals surface area contributed by atoms with Crippen molar-refractivity contribution in [3.63, 3.8) is 0 Å². The molecule has 1 amide bonds. The molecule has 0 aromatic carbocycles. The third-order valence-electron chi connectivity index (χ3n) is 3.16. The van der Waals surface area contributed by atoms with Crippen molar-refractivity contribution in [3.05, 3.63) is 17.5 Å². The molecule has 2 unspecified atom stereocenters. The quantitative estimate of drug-likeness (QED) is 0.734. The van der Waals surface area contributed by atoms with Crippen LogP contribution in [0.2, 0.25) is 0 Å². The lowest BCUT2D eigenvalue weighted by atomic mass is 9.93. The number of carbonyl (C=O) groups is 1. The second kappa shape index (κ2) is 6.02. The fraction of sp³-hybridized carbons (Fsp3) is 0.636. The third kappa shape index (κ3) is 3.20. The van der Waals surface area contributed by atoms with Gasteiger partial charge in [-0.2, -0.15) is 5.10 Å². The van der Waals surface area contributed by atoms with Crippen LogP contribution in [0.1, 0.15) is 24.6 Å². The van der Waals surface area contributed by atoms with Crippen molar-refractivity contribution < 1.29 is 4.79 Å². The number of aromatic amines is 1. The van der Waals surface area contributed by atoms with Crippen molar-refractivity contribution in [2.45, 2.75) is 32.2 Å². The van der Waals surface area contributed by atoms with Crippen molar-refractivity contribution >= 4 is 18.3 Å². The molecule has 1 aromatic heterocycles. The topological polar surface area (TPSA) is 83.8 Å². The Hall–Kier alpha value is -1.07. The molecule has 0 fully saturated rings. The molecule has 0 aliphatic heterocycles. The molecule has 0 saturated heterocycles. The molecular weight excluding hydrogens is 240 g/mol. The highest BCUT2D eigenvalue weighted by molar-refractivity contribution is 5.85. The van der Waals surface area contributed by atoms with Gasteiger partial charge < -0.3 is 11.1 Å². The smallest absolute Gasteiger partial charge is 0.224 e. The van der Waals surface area contributed by atoms with E-state index in [-0.39, 0.29) is 30.3 Å². The van der Waals surface area contributed by atoms with E-state index in [1.54, 1.807) is 0 Å². The molecular formula is C11H19ClN4O. The molecule has 1 heterocycles. The number of nitrogens with one attached hydrogen (secondary N) is 2. The van der Waals surface area contributed by atoms with E-state index in [2.05, 4.69) is 15.5 Å². The highest BCUT2D eigenvalue weighted by Crippen LogP contribution is 2.18. The molecule has 17 heavy (non-hydrogen) atoms. The minimum atomic E-state index is -0.106. The molecule has 0 saturated carbocycles. The monoisotopic (exact) mass is 258 g/mol. The maximum Gasteiger partial charge on any atom is 0.224 e. The lowest BCUT2D eigenvalue weighted by molar-refractivity contribution is -0.125. The number of nitrogens with two attached hydrogens (primary N) is 1. The number of rotatable bonds is 3. The second-order valence-corrected chi connectivity index (χ2v) is 4.46. The highest BCUT2D eigenvalue weighted by Gasteiger charge is 2.22. The van der Waals surface area contributed by atoms with Crippen LogP contribution in [0.5, 0.6) is 0 Å². The van der Waals surface area contributed by atoms with Gasteiger partial charge in [0.2, 0.25) is 5.91 Å². The minimum Gasteiger partial charge on any atom is -0.353 e. The van der Waals surface area contributed by atoms with Crippen molar-refractivity contribution in [1.29, 1.82) is 0 Å². The fourth-order valence-electron chi connectivity index (χ4n) is 1.99. The molecule has 0 bridgehead atoms. The molecule has 0 radical (unpaired) electrons. The van der Waals surface area contributed by atoms with E-state index in [1.807, 2.05) is 13.1 Å². The van der Waals surface area contributed by atoms with Gasteiger partial charge in [-0.1, -0.05) is 6.92 Å². The summed E-state index contributed by atoms with van der Waals surface area (Å²) < 4.78 is 0. The third-order valence-corrected chi connectivity index (χ3v) is 3.16. The Kier molecular flexibility index (Phi) is 4.96. The van der Waals surface area contributed by atoms with E-state index >= 15 is 0 Å². The lowest BCUT2D eigenvalue weighted by Gasteiger charge is -2.24. The van der Waals surface area contributed by atoms with Crippen LogP contribution in [0.3, 0.4) is 0 Å². The average Bonchev–Trinajstić information content (AvgIpc) is 2.75. The van der Waals surface area contributed by atoms with Crippen LogP contribution in [0, 0.1) is 5.92 Å². The molecule has 1 aliphatic carbocycles. The Morgan fingerprint density at radius 3 is 3.24 bits per heavy atom. The van der Waals surface area contributed by atoms with Gasteiger partial charge in [-0.3, -0.25) is 9.89 Å². The SMILES string of the molecule is CC(CN)C(=O)NC1CCc2[nH]ncc2C1.Cl. The number of carbonyl (C=O) groups excluding carboxylic acids is 1. The number of hydrogen-bond acceptors (Lipinski definition) is 3. The van der Waals surface area contributed by atoms with E-state index in [9.17, 15) is 4.79 Å². The number of hydrogen-bond donors (Lipinski definition) is 3. The number of halogens is 1. The van der Waals surface area contributed by atoms with Crippen LogP contribution < -0.4 is 11.1 Å². The van der Waals surface area contributed by atoms with Crippen LogP contribution in [0.25, 0.3) is 0 Å². The van der Waals surface area contributed by atoms with Crippen molar-refractivity contribution in [2.24, 2.45) is 11.7 Å². The van der Waals surface area contributed by atoms with Gasteiger partial charge in [0.25, 0.3) is 0 Å². The Balaban J connectivity index is 0.00000144. The van der Waals surface area contributed by atoms with Crippen molar-refractivity contribution in [1.82, 2.24) is 15.5 Å². The molecule has 4 N–H and O–H groups in total. The number of nitrogens with zero attached hydrogens (tertiary/aromatic N) is 1. The van der Waals surface area contributed by atoms with Crippen LogP contribution in [-0.4, -0.2) is 28.7 Å². The predicted molar refractivity (Wildman–Crippen MR) is 68.0 cm³/mol. The Morgan fingerprint density at radius 1 is 1.76 bits per heavy atom. The number of amides is 1. The van der Waals surface area contributed by atoms with Gasteiger partial charge in [0.1, 0.15) is 0 Å². The summed E-state index contributed by atoms with van der Waals surface area (Å²) in [4.78, 5) is 11.7. The number of H-pyrrole nitrogens is 1. The van der Waals surface area contributed by atoms with Crippen LogP contribution in [-0.2, 0) is 17.6 Å². The van der Waals surface area contributed by atoms with E-state index in [1.165, 1.54) is 11.3 Å². The van der Waals surface area contributed by atoms with Crippen molar-refractivity contribution in [3.8, 4) is 0 Å². The highest BCUT2D eigenvalue weighted by atomic mass is 35.5. The first-order valence-electron chi connectivity index (χ1n) is 5.72. The average molecular weight is 259 g/mol. The van der Waals surface area contributed by atoms with E-state index in [0.29, 0.717) is 6.54 Å². The summed E-state index contributed by atoms with van der Waals surface area (Å²) in [6, 6.07) is 0.228. The first-order valence-corrected chi connectivity index (χ1v) is 5.72. The largest absolute Gasteiger partial charge is 0.353 e. The predicted octanol–water partition coefficient (Wildman–Crippen LogP) is 0.400. The molecule has 1 aliphatic rings. The van der Waals surface area contributed by atoms with Gasteiger partial charge in [0.05, 0.1) is 6.20 Å². The van der Waals surface area contributed by atoms with Gasteiger partial charge in [0, 0.05) is 24.2 Å². The summed E-state index contributed by atoms with van der Waals surface area (Å²) in [5, 5.41) is 10.0. The molecule has 6 heteroatoms. The normalized spacial score (nSPS) is 20.0. The minimum absolute atomic E-state index is 0. The number of aryl methyl sites for hydroxylation is 1. The number of aromatic nitrogens is 2. The fourth-order valence-corrected chi connectivity index (χ4v) is 1.99. The molecule has 2 atom stereocenters. The van der Waals surface area contributed by atoms with Gasteiger partial charge in [-0.25, -0.2) is 0 Å². The maximum absolute atomic E-state index is 11.7. The Labute approximate surface area is 107 Å². The summed E-state index contributed by atoms with van der Waals surface area (Å²) in [6.45, 7) is 2.25. The summed E-state index contributed by atoms with van der Waals surface area (Å²) in [6.07, 6.45) is 4.64. The first-order chi connectivity index (χ1) is 7.70. The van der Waals surface area contributed by atoms with Gasteiger partial charge >= 0.3 is 0 Å². The van der Waals surface area contributed by atoms with E-state index in [4.69, 9.17) is 5.73 Å². The standard InChI is InChI=1S/C11H18N4O.ClH/c1-7(5-12)11(16)14-9-2-3-10-8(4-9)6-13-15-10;/h6-7,9H,2-5,12H2,1H3,(H,13,15)(H,14,16);1H. The Morgan fingerprint density at radius 2 is 2.53 bits per heavy atom. The Bertz CT molecular complexity index is 379. The van der Waals surface area contributed by atoms with E-state index in [0.717, 1.165) is 19.3 Å². The summed E-state index contributed by atoms with van der Waals surface area (Å²) >= 11 is 0. The number of fused-ring (bicyclic) bond motifs is 1. The van der Waals surface area contributed by atoms with E-state index < -0.39 is 0 Å². The maximum atomic E-state index is 11.7. The zero-order valence-electron chi connectivity index (χ0n) is 9.90. The zero-order chi connectivity index (χ0) is 11.5. The van der Waals surface area contributed by atoms with Crippen molar-refractivity contribution in [2.75, 3.05) is 6.54 Å². The summed E-state index contributed by atoms with van der Waals surface area (Å²) in [7, 11) is 0. The lowest BCUT2D eigenvalue weighted by Crippen LogP contribution is -2.42. The van der Waals surface area contributed by atoms with Gasteiger partial charge in [0.15, 0.2) is 0 Å². The van der Waals surface area contributed by atoms with Crippen LogP contribution in [0.15, 0.2) is 6.20 Å². The second-order valence-electron chi connectivity index (χ2n) is 4.46. The molecule has 5 nitrogen and oxygen atoms in total. The van der Waals surface area contributed by atoms with Gasteiger partial charge in [-0.15, -0.1) is 12.4 Å². The molecule has 1 aromatic rings. The first kappa shape index (κ1) is 14.0. The van der Waals surface area contributed by atoms with Crippen LogP contribution >= 0.6 is 12.4 Å². The zero-order valence-corrected chi connectivity index (χ0v) is 10.7. The van der Waals surface area contributed by atoms with Crippen LogP contribution in [0.4, 0.5) is 0 Å². The van der Waals surface area contributed by atoms with Gasteiger partial charge in [-0.05, 0) is 24.8 Å². The summed E-state index contributed by atoms with van der Waals surface area (Å²) in [5.74, 6) is -0.0507. The summed E-state index contributed by atoms with van der Waals surface area (Å²) in [5.41, 5.74) is 7.89. The molecule has 2 rings (SSSR count). The molecule has 0 spiro atoms. The molecule has 96 valence electrons.